The predicted molar refractivity (Wildman–Crippen MR) is 67.9 cm³/mol. The van der Waals surface area contributed by atoms with Crippen LogP contribution >= 0.6 is 0 Å². The standard InChI is InChI=1S/C13H21N3O2/c1-10-12(11(2)15(3)14-10)6-7-13(17)16-8-4-5-9-18-16/h4-9H2,1-3H3. The summed E-state index contributed by atoms with van der Waals surface area (Å²) in [7, 11) is 1.93. The number of nitrogens with zero attached hydrogens (tertiary/aromatic N) is 3. The van der Waals surface area contributed by atoms with Gasteiger partial charge in [0.2, 0.25) is 5.91 Å². The molecule has 1 fully saturated rings. The zero-order valence-electron chi connectivity index (χ0n) is 11.4. The molecule has 2 heterocycles. The lowest BCUT2D eigenvalue weighted by molar-refractivity contribution is -0.197. The van der Waals surface area contributed by atoms with E-state index < -0.39 is 0 Å². The van der Waals surface area contributed by atoms with Gasteiger partial charge in [0, 0.05) is 25.7 Å². The second-order valence-electron chi connectivity index (χ2n) is 4.81. The van der Waals surface area contributed by atoms with Crippen LogP contribution in [0.4, 0.5) is 0 Å². The molecule has 0 N–H and O–H groups in total. The van der Waals surface area contributed by atoms with E-state index in [1.165, 1.54) is 10.6 Å². The number of aromatic nitrogens is 2. The summed E-state index contributed by atoms with van der Waals surface area (Å²) in [5.74, 6) is 0.0809. The molecule has 1 aromatic rings. The van der Waals surface area contributed by atoms with E-state index in [9.17, 15) is 4.79 Å². The van der Waals surface area contributed by atoms with Gasteiger partial charge >= 0.3 is 0 Å². The van der Waals surface area contributed by atoms with Gasteiger partial charge in [0.1, 0.15) is 0 Å². The minimum atomic E-state index is 0.0809. The van der Waals surface area contributed by atoms with Gasteiger partial charge in [-0.05, 0) is 38.7 Å². The van der Waals surface area contributed by atoms with Gasteiger partial charge in [0.15, 0.2) is 0 Å². The van der Waals surface area contributed by atoms with Crippen molar-refractivity contribution in [3.8, 4) is 0 Å². The van der Waals surface area contributed by atoms with Crippen molar-refractivity contribution >= 4 is 5.91 Å². The smallest absolute Gasteiger partial charge is 0.246 e. The van der Waals surface area contributed by atoms with E-state index in [4.69, 9.17) is 4.84 Å². The molecule has 2 rings (SSSR count). The number of carbonyl (C=O) groups is 1. The molecule has 1 amide bonds. The van der Waals surface area contributed by atoms with Crippen LogP contribution in [-0.2, 0) is 23.1 Å². The highest BCUT2D eigenvalue weighted by atomic mass is 16.7. The molecule has 1 aromatic heterocycles. The normalized spacial score (nSPS) is 16.1. The molecule has 5 nitrogen and oxygen atoms in total. The minimum Gasteiger partial charge on any atom is -0.273 e. The lowest BCUT2D eigenvalue weighted by atomic mass is 10.1. The highest BCUT2D eigenvalue weighted by Gasteiger charge is 2.18. The third kappa shape index (κ3) is 2.72. The fraction of sp³-hybridized carbons (Fsp3) is 0.692. The lowest BCUT2D eigenvalue weighted by Gasteiger charge is -2.25. The largest absolute Gasteiger partial charge is 0.273 e. The van der Waals surface area contributed by atoms with E-state index >= 15 is 0 Å². The first kappa shape index (κ1) is 13.1. The minimum absolute atomic E-state index is 0.0809. The van der Waals surface area contributed by atoms with Gasteiger partial charge in [-0.1, -0.05) is 0 Å². The first-order valence-electron chi connectivity index (χ1n) is 6.52. The molecular weight excluding hydrogens is 230 g/mol. The molecule has 1 aliphatic heterocycles. The van der Waals surface area contributed by atoms with Crippen molar-refractivity contribution in [2.24, 2.45) is 7.05 Å². The van der Waals surface area contributed by atoms with E-state index in [1.54, 1.807) is 0 Å². The molecule has 0 aliphatic carbocycles. The van der Waals surface area contributed by atoms with Crippen LogP contribution < -0.4 is 0 Å². The summed E-state index contributed by atoms with van der Waals surface area (Å²) in [6, 6.07) is 0. The Labute approximate surface area is 108 Å². The zero-order valence-corrected chi connectivity index (χ0v) is 11.4. The third-order valence-corrected chi connectivity index (χ3v) is 3.53. The maximum absolute atomic E-state index is 12.0. The number of hydrogen-bond acceptors (Lipinski definition) is 3. The van der Waals surface area contributed by atoms with Gasteiger partial charge in [0.25, 0.3) is 0 Å². The van der Waals surface area contributed by atoms with Crippen molar-refractivity contribution in [3.63, 3.8) is 0 Å². The van der Waals surface area contributed by atoms with Crippen LogP contribution in [0.15, 0.2) is 0 Å². The Balaban J connectivity index is 1.92. The van der Waals surface area contributed by atoms with Crippen LogP contribution in [0.25, 0.3) is 0 Å². The van der Waals surface area contributed by atoms with Crippen LogP contribution in [-0.4, -0.2) is 33.9 Å². The van der Waals surface area contributed by atoms with Crippen LogP contribution in [0, 0.1) is 13.8 Å². The van der Waals surface area contributed by atoms with Crippen molar-refractivity contribution in [2.45, 2.75) is 39.5 Å². The Bertz CT molecular complexity index is 434. The monoisotopic (exact) mass is 251 g/mol. The first-order chi connectivity index (χ1) is 8.59. The topological polar surface area (TPSA) is 47.4 Å². The zero-order chi connectivity index (χ0) is 13.1. The van der Waals surface area contributed by atoms with Gasteiger partial charge in [-0.15, -0.1) is 0 Å². The van der Waals surface area contributed by atoms with Crippen molar-refractivity contribution in [2.75, 3.05) is 13.2 Å². The molecule has 0 unspecified atom stereocenters. The van der Waals surface area contributed by atoms with Crippen LogP contribution in [0.1, 0.15) is 36.2 Å². The lowest BCUT2D eigenvalue weighted by Crippen LogP contribution is -2.35. The maximum atomic E-state index is 12.0. The average molecular weight is 251 g/mol. The van der Waals surface area contributed by atoms with Gasteiger partial charge in [-0.2, -0.15) is 5.10 Å². The third-order valence-electron chi connectivity index (χ3n) is 3.53. The van der Waals surface area contributed by atoms with E-state index in [1.807, 2.05) is 25.6 Å². The second kappa shape index (κ2) is 5.52. The predicted octanol–water partition coefficient (Wildman–Crippen LogP) is 1.52. The molecule has 0 atom stereocenters. The summed E-state index contributed by atoms with van der Waals surface area (Å²) in [5, 5.41) is 5.88. The Morgan fingerprint density at radius 2 is 2.17 bits per heavy atom. The van der Waals surface area contributed by atoms with Crippen molar-refractivity contribution in [1.29, 1.82) is 0 Å². The second-order valence-corrected chi connectivity index (χ2v) is 4.81. The number of hydrogen-bond donors (Lipinski definition) is 0. The molecule has 1 saturated heterocycles. The summed E-state index contributed by atoms with van der Waals surface area (Å²) < 4.78 is 1.87. The fourth-order valence-corrected chi connectivity index (χ4v) is 2.33. The fourth-order valence-electron chi connectivity index (χ4n) is 2.33. The van der Waals surface area contributed by atoms with Gasteiger partial charge in [-0.3, -0.25) is 14.3 Å². The summed E-state index contributed by atoms with van der Waals surface area (Å²) >= 11 is 0. The summed E-state index contributed by atoms with van der Waals surface area (Å²) in [5.41, 5.74) is 3.34. The first-order valence-corrected chi connectivity index (χ1v) is 6.52. The number of hydroxylamine groups is 2. The number of amides is 1. The summed E-state index contributed by atoms with van der Waals surface area (Å²) in [6.45, 7) is 5.42. The number of carbonyl (C=O) groups excluding carboxylic acids is 1. The van der Waals surface area contributed by atoms with Gasteiger partial charge in [-0.25, -0.2) is 5.06 Å². The molecule has 0 bridgehead atoms. The van der Waals surface area contributed by atoms with Crippen LogP contribution in [0.2, 0.25) is 0 Å². The van der Waals surface area contributed by atoms with Crippen LogP contribution in [0.5, 0.6) is 0 Å². The van der Waals surface area contributed by atoms with E-state index in [0.717, 1.165) is 37.2 Å². The van der Waals surface area contributed by atoms with E-state index in [-0.39, 0.29) is 5.91 Å². The molecule has 0 spiro atoms. The Morgan fingerprint density at radius 3 is 2.72 bits per heavy atom. The van der Waals surface area contributed by atoms with Gasteiger partial charge < -0.3 is 0 Å². The molecule has 5 heteroatoms. The Kier molecular flexibility index (Phi) is 4.01. The molecule has 0 radical (unpaired) electrons. The molecular formula is C13H21N3O2. The summed E-state index contributed by atoms with van der Waals surface area (Å²) in [6.07, 6.45) is 3.32. The quantitative estimate of drug-likeness (QED) is 0.818. The summed E-state index contributed by atoms with van der Waals surface area (Å²) in [4.78, 5) is 17.3. The van der Waals surface area contributed by atoms with Crippen molar-refractivity contribution in [3.05, 3.63) is 17.0 Å². The molecule has 100 valence electrons. The van der Waals surface area contributed by atoms with E-state index in [2.05, 4.69) is 5.10 Å². The van der Waals surface area contributed by atoms with Gasteiger partial charge in [0.05, 0.1) is 12.3 Å². The maximum Gasteiger partial charge on any atom is 0.246 e. The molecule has 1 aliphatic rings. The highest BCUT2D eigenvalue weighted by molar-refractivity contribution is 5.75. The van der Waals surface area contributed by atoms with Crippen molar-refractivity contribution in [1.82, 2.24) is 14.8 Å². The SMILES string of the molecule is Cc1nn(C)c(C)c1CCC(=O)N1CCCCO1. The molecule has 0 aromatic carbocycles. The average Bonchev–Trinajstić information content (AvgIpc) is 2.62. The van der Waals surface area contributed by atoms with Crippen molar-refractivity contribution < 1.29 is 9.63 Å². The number of aryl methyl sites for hydroxylation is 2. The molecule has 18 heavy (non-hydrogen) atoms. The Morgan fingerprint density at radius 1 is 1.39 bits per heavy atom. The highest BCUT2D eigenvalue weighted by Crippen LogP contribution is 2.15. The van der Waals surface area contributed by atoms with E-state index in [0.29, 0.717) is 13.0 Å². The Hall–Kier alpha value is -1.36. The molecule has 0 saturated carbocycles. The van der Waals surface area contributed by atoms with Crippen LogP contribution in [0.3, 0.4) is 0 Å². The number of rotatable bonds is 3.